The third-order valence-electron chi connectivity index (χ3n) is 7.73. The molecular weight excluding hydrogens is 438 g/mol. The largest absolute Gasteiger partial charge is 0.481 e. The van der Waals surface area contributed by atoms with Crippen LogP contribution in [0.1, 0.15) is 124 Å². The predicted molar refractivity (Wildman–Crippen MR) is 137 cm³/mol. The van der Waals surface area contributed by atoms with E-state index in [9.17, 15) is 14.7 Å². The van der Waals surface area contributed by atoms with Gasteiger partial charge in [-0.15, -0.1) is 0 Å². The molecule has 2 aromatic rings. The van der Waals surface area contributed by atoms with E-state index in [1.54, 1.807) is 0 Å². The average molecular weight is 480 g/mol. The molecule has 1 aromatic carbocycles. The van der Waals surface area contributed by atoms with Crippen molar-refractivity contribution < 1.29 is 19.2 Å². The molecule has 1 aromatic heterocycles. The van der Waals surface area contributed by atoms with Gasteiger partial charge in [0.1, 0.15) is 11.5 Å². The number of carboxylic acid groups (broad SMARTS) is 1. The first kappa shape index (κ1) is 25.7. The van der Waals surface area contributed by atoms with Crippen molar-refractivity contribution >= 4 is 11.8 Å². The van der Waals surface area contributed by atoms with Gasteiger partial charge in [-0.05, 0) is 80.8 Å². The van der Waals surface area contributed by atoms with Crippen LogP contribution in [-0.4, -0.2) is 22.0 Å². The summed E-state index contributed by atoms with van der Waals surface area (Å²) in [6.07, 6.45) is 6.87. The molecule has 1 N–H and O–H groups in total. The number of carbonyl (C=O) groups excluding carboxylic acids is 1. The van der Waals surface area contributed by atoms with Gasteiger partial charge in [-0.25, -0.2) is 0 Å². The Morgan fingerprint density at radius 1 is 1.14 bits per heavy atom. The third kappa shape index (κ3) is 6.62. The fourth-order valence-corrected chi connectivity index (χ4v) is 5.91. The van der Waals surface area contributed by atoms with Crippen molar-refractivity contribution in [1.82, 2.24) is 5.16 Å². The second-order valence-electron chi connectivity index (χ2n) is 12.4. The average Bonchev–Trinajstić information content (AvgIpc) is 3.47. The first-order chi connectivity index (χ1) is 16.5. The highest BCUT2D eigenvalue weighted by molar-refractivity contribution is 5.82. The zero-order valence-electron chi connectivity index (χ0n) is 22.0. The van der Waals surface area contributed by atoms with Crippen LogP contribution in [-0.2, 0) is 16.0 Å². The summed E-state index contributed by atoms with van der Waals surface area (Å²) in [5.74, 6) is 1.70. The first-order valence-corrected chi connectivity index (χ1v) is 13.3. The number of carbonyl (C=O) groups is 2. The number of aliphatic carboxylic acids is 1. The number of hydrogen-bond acceptors (Lipinski definition) is 4. The minimum atomic E-state index is -0.836. The highest BCUT2D eigenvalue weighted by atomic mass is 16.5. The summed E-state index contributed by atoms with van der Waals surface area (Å²) in [7, 11) is 0. The van der Waals surface area contributed by atoms with Crippen LogP contribution in [0.4, 0.5) is 0 Å². The third-order valence-corrected chi connectivity index (χ3v) is 7.73. The SMILES string of the molecule is Cc1ccc(CC(=O)CC(CCC(=O)O)c2noc(C3CC(CC(C)(C)C)C3)c2C2CC2)c(C)c1. The normalized spacial score (nSPS) is 20.9. The molecule has 35 heavy (non-hydrogen) atoms. The van der Waals surface area contributed by atoms with E-state index in [4.69, 9.17) is 4.52 Å². The van der Waals surface area contributed by atoms with Crippen LogP contribution in [0, 0.1) is 25.2 Å². The van der Waals surface area contributed by atoms with Gasteiger partial charge in [-0.2, -0.15) is 0 Å². The van der Waals surface area contributed by atoms with E-state index in [0.717, 1.165) is 54.2 Å². The molecule has 0 saturated heterocycles. The van der Waals surface area contributed by atoms with E-state index >= 15 is 0 Å². The highest BCUT2D eigenvalue weighted by Crippen LogP contribution is 2.53. The van der Waals surface area contributed by atoms with Gasteiger partial charge in [-0.1, -0.05) is 49.7 Å². The summed E-state index contributed by atoms with van der Waals surface area (Å²) in [5.41, 5.74) is 5.75. The Kier molecular flexibility index (Phi) is 7.54. The van der Waals surface area contributed by atoms with Crippen molar-refractivity contribution in [3.8, 4) is 0 Å². The molecule has 5 nitrogen and oxygen atoms in total. The van der Waals surface area contributed by atoms with Crippen LogP contribution >= 0.6 is 0 Å². The van der Waals surface area contributed by atoms with Gasteiger partial charge >= 0.3 is 5.97 Å². The smallest absolute Gasteiger partial charge is 0.303 e. The minimum absolute atomic E-state index is 0.0326. The van der Waals surface area contributed by atoms with E-state index in [1.807, 2.05) is 19.1 Å². The molecule has 0 amide bonds. The molecular formula is C30H41NO4. The second-order valence-corrected chi connectivity index (χ2v) is 12.4. The molecule has 0 radical (unpaired) electrons. The minimum Gasteiger partial charge on any atom is -0.481 e. The molecule has 1 atom stereocenters. The predicted octanol–water partition coefficient (Wildman–Crippen LogP) is 7.25. The number of rotatable bonds is 11. The quantitative estimate of drug-likeness (QED) is 0.367. The molecule has 2 aliphatic rings. The van der Waals surface area contributed by atoms with E-state index in [1.165, 1.54) is 17.5 Å². The van der Waals surface area contributed by atoms with Crippen molar-refractivity contribution in [2.75, 3.05) is 0 Å². The fourth-order valence-electron chi connectivity index (χ4n) is 5.91. The van der Waals surface area contributed by atoms with Gasteiger partial charge in [0.15, 0.2) is 0 Å². The Labute approximate surface area is 209 Å². The summed E-state index contributed by atoms with van der Waals surface area (Å²) < 4.78 is 5.99. The molecule has 2 aliphatic carbocycles. The van der Waals surface area contributed by atoms with Crippen LogP contribution in [0.25, 0.3) is 0 Å². The topological polar surface area (TPSA) is 80.4 Å². The molecule has 2 saturated carbocycles. The molecule has 0 aliphatic heterocycles. The maximum Gasteiger partial charge on any atom is 0.303 e. The fraction of sp³-hybridized carbons (Fsp3) is 0.633. The maximum atomic E-state index is 13.2. The lowest BCUT2D eigenvalue weighted by atomic mass is 9.66. The number of aryl methyl sites for hydroxylation is 2. The standard InChI is InChI=1S/C30H41NO4/c1-18-6-7-22(19(2)12-18)15-25(32)16-23(10-11-26(33)34)28-27(21-8-9-21)29(35-31-28)24-13-20(14-24)17-30(3,4)5/h6-7,12,20-21,23-24H,8-11,13-17H2,1-5H3,(H,33,34). The van der Waals surface area contributed by atoms with Crippen LogP contribution in [0.3, 0.4) is 0 Å². The summed E-state index contributed by atoms with van der Waals surface area (Å²) in [5, 5.41) is 13.9. The van der Waals surface area contributed by atoms with Crippen molar-refractivity contribution in [2.45, 2.75) is 110 Å². The highest BCUT2D eigenvalue weighted by Gasteiger charge is 2.42. The number of hydrogen-bond donors (Lipinski definition) is 1. The molecule has 190 valence electrons. The van der Waals surface area contributed by atoms with Crippen LogP contribution in [0.2, 0.25) is 0 Å². The number of nitrogens with zero attached hydrogens (tertiary/aromatic N) is 1. The maximum absolute atomic E-state index is 13.2. The summed E-state index contributed by atoms with van der Waals surface area (Å²) in [6.45, 7) is 11.0. The van der Waals surface area contributed by atoms with Crippen molar-refractivity contribution in [2.24, 2.45) is 11.3 Å². The van der Waals surface area contributed by atoms with Crippen LogP contribution in [0.5, 0.6) is 0 Å². The molecule has 0 bridgehead atoms. The zero-order valence-corrected chi connectivity index (χ0v) is 22.0. The number of carboxylic acids is 1. The van der Waals surface area contributed by atoms with E-state index < -0.39 is 5.97 Å². The number of Topliss-reactive ketones (excluding diaryl/α,β-unsaturated/α-hetero) is 1. The Morgan fingerprint density at radius 3 is 2.46 bits per heavy atom. The lowest BCUT2D eigenvalue weighted by Crippen LogP contribution is -2.26. The first-order valence-electron chi connectivity index (χ1n) is 13.3. The summed E-state index contributed by atoms with van der Waals surface area (Å²) in [6, 6.07) is 6.17. The van der Waals surface area contributed by atoms with E-state index in [-0.39, 0.29) is 18.1 Å². The number of ketones is 1. The summed E-state index contributed by atoms with van der Waals surface area (Å²) in [4.78, 5) is 24.6. The monoisotopic (exact) mass is 479 g/mol. The van der Waals surface area contributed by atoms with Gasteiger partial charge in [0.25, 0.3) is 0 Å². The van der Waals surface area contributed by atoms with Crippen molar-refractivity contribution in [3.63, 3.8) is 0 Å². The van der Waals surface area contributed by atoms with Gasteiger partial charge in [0, 0.05) is 36.7 Å². The summed E-state index contributed by atoms with van der Waals surface area (Å²) >= 11 is 0. The number of aromatic nitrogens is 1. The Morgan fingerprint density at radius 2 is 1.86 bits per heavy atom. The molecule has 1 unspecified atom stereocenters. The van der Waals surface area contributed by atoms with Gasteiger partial charge in [0.05, 0.1) is 5.69 Å². The van der Waals surface area contributed by atoms with E-state index in [2.05, 4.69) is 38.9 Å². The molecule has 0 spiro atoms. The Balaban J connectivity index is 1.51. The van der Waals surface area contributed by atoms with Gasteiger partial charge in [0.2, 0.25) is 0 Å². The molecule has 5 heteroatoms. The molecule has 1 heterocycles. The van der Waals surface area contributed by atoms with E-state index in [0.29, 0.717) is 36.5 Å². The zero-order chi connectivity index (χ0) is 25.3. The Hall–Kier alpha value is -2.43. The second kappa shape index (κ2) is 10.3. The molecule has 4 rings (SSSR count). The van der Waals surface area contributed by atoms with Crippen molar-refractivity contribution in [1.29, 1.82) is 0 Å². The van der Waals surface area contributed by atoms with Crippen LogP contribution in [0.15, 0.2) is 22.7 Å². The van der Waals surface area contributed by atoms with Gasteiger partial charge in [-0.3, -0.25) is 9.59 Å². The van der Waals surface area contributed by atoms with Crippen molar-refractivity contribution in [3.05, 3.63) is 51.9 Å². The lowest BCUT2D eigenvalue weighted by molar-refractivity contribution is -0.137. The van der Waals surface area contributed by atoms with Gasteiger partial charge < -0.3 is 9.63 Å². The lowest BCUT2D eigenvalue weighted by Gasteiger charge is -2.38. The molecule has 2 fully saturated rings. The Bertz CT molecular complexity index is 1070. The number of benzene rings is 1. The van der Waals surface area contributed by atoms with Crippen LogP contribution < -0.4 is 0 Å².